The van der Waals surface area contributed by atoms with Crippen molar-refractivity contribution in [2.45, 2.75) is 39.2 Å². The second-order valence-electron chi connectivity index (χ2n) is 4.26. The number of hydrogen-bond acceptors (Lipinski definition) is 3. The fourth-order valence-corrected chi connectivity index (χ4v) is 1.31. The molecule has 1 atom stereocenters. The molecule has 0 aliphatic heterocycles. The van der Waals surface area contributed by atoms with Crippen LogP contribution < -0.4 is 10.6 Å². The standard InChI is InChI=1S/C13H29N3O2.HI/c1-5-12(2)16-13(14-3)15-8-6-7-9-18-11-10-17-4;/h12H,5-11H2,1-4H3,(H2,14,15,16);1H. The number of hydrogen-bond donors (Lipinski definition) is 2. The van der Waals surface area contributed by atoms with E-state index in [9.17, 15) is 0 Å². The normalized spacial score (nSPS) is 12.7. The SMILES string of the molecule is CCC(C)NC(=NC)NCCCCOCCOC.I. The maximum Gasteiger partial charge on any atom is 0.191 e. The van der Waals surface area contributed by atoms with Crippen molar-refractivity contribution < 1.29 is 9.47 Å². The molecule has 0 spiro atoms. The fourth-order valence-electron chi connectivity index (χ4n) is 1.31. The molecule has 116 valence electrons. The van der Waals surface area contributed by atoms with Gasteiger partial charge >= 0.3 is 0 Å². The third-order valence-corrected chi connectivity index (χ3v) is 2.66. The van der Waals surface area contributed by atoms with Crippen molar-refractivity contribution in [3.63, 3.8) is 0 Å². The quantitative estimate of drug-likeness (QED) is 0.261. The molecule has 0 heterocycles. The Morgan fingerprint density at radius 2 is 1.95 bits per heavy atom. The van der Waals surface area contributed by atoms with Gasteiger partial charge in [-0.2, -0.15) is 0 Å². The predicted octanol–water partition coefficient (Wildman–Crippen LogP) is 2.01. The van der Waals surface area contributed by atoms with Crippen LogP contribution in [0.15, 0.2) is 4.99 Å². The Morgan fingerprint density at radius 3 is 2.53 bits per heavy atom. The number of aliphatic imine (C=N–C) groups is 1. The molecule has 1 unspecified atom stereocenters. The van der Waals surface area contributed by atoms with E-state index in [1.54, 1.807) is 14.2 Å². The van der Waals surface area contributed by atoms with Crippen LogP contribution in [0.1, 0.15) is 33.1 Å². The number of rotatable bonds is 10. The minimum absolute atomic E-state index is 0. The zero-order chi connectivity index (χ0) is 13.6. The van der Waals surface area contributed by atoms with Crippen molar-refractivity contribution in [2.75, 3.05) is 40.5 Å². The van der Waals surface area contributed by atoms with Crippen molar-refractivity contribution in [3.8, 4) is 0 Å². The summed E-state index contributed by atoms with van der Waals surface area (Å²) in [6.45, 7) is 7.37. The average Bonchev–Trinajstić information content (AvgIpc) is 2.40. The Morgan fingerprint density at radius 1 is 1.21 bits per heavy atom. The van der Waals surface area contributed by atoms with E-state index in [2.05, 4.69) is 29.5 Å². The van der Waals surface area contributed by atoms with Gasteiger partial charge in [0.1, 0.15) is 0 Å². The first-order chi connectivity index (χ1) is 8.74. The van der Waals surface area contributed by atoms with Gasteiger partial charge < -0.3 is 20.1 Å². The average molecular weight is 387 g/mol. The highest BCUT2D eigenvalue weighted by atomic mass is 127. The molecule has 0 aromatic carbocycles. The highest BCUT2D eigenvalue weighted by Gasteiger charge is 2.01. The maximum absolute atomic E-state index is 5.39. The second kappa shape index (κ2) is 16.0. The molecule has 5 nitrogen and oxygen atoms in total. The smallest absolute Gasteiger partial charge is 0.191 e. The fraction of sp³-hybridized carbons (Fsp3) is 0.923. The number of guanidine groups is 1. The molecule has 0 fully saturated rings. The lowest BCUT2D eigenvalue weighted by atomic mass is 10.3. The zero-order valence-electron chi connectivity index (χ0n) is 12.7. The van der Waals surface area contributed by atoms with E-state index in [0.717, 1.165) is 38.4 Å². The predicted molar refractivity (Wildman–Crippen MR) is 91.6 cm³/mol. The van der Waals surface area contributed by atoms with Crippen LogP contribution in [0.3, 0.4) is 0 Å². The summed E-state index contributed by atoms with van der Waals surface area (Å²) in [7, 11) is 3.48. The number of halogens is 1. The Hall–Kier alpha value is -0.0800. The first-order valence-corrected chi connectivity index (χ1v) is 6.78. The number of methoxy groups -OCH3 is 1. The van der Waals surface area contributed by atoms with Crippen molar-refractivity contribution in [1.82, 2.24) is 10.6 Å². The highest BCUT2D eigenvalue weighted by molar-refractivity contribution is 14.0. The van der Waals surface area contributed by atoms with Crippen LogP contribution in [-0.2, 0) is 9.47 Å². The molecule has 0 aromatic rings. The third-order valence-electron chi connectivity index (χ3n) is 2.66. The van der Waals surface area contributed by atoms with Gasteiger partial charge in [0, 0.05) is 33.4 Å². The molecule has 0 saturated carbocycles. The summed E-state index contributed by atoms with van der Waals surface area (Å²) >= 11 is 0. The minimum Gasteiger partial charge on any atom is -0.382 e. The lowest BCUT2D eigenvalue weighted by Crippen LogP contribution is -2.42. The molecule has 6 heteroatoms. The third kappa shape index (κ3) is 14.1. The van der Waals surface area contributed by atoms with Gasteiger partial charge in [-0.3, -0.25) is 4.99 Å². The van der Waals surface area contributed by atoms with Gasteiger partial charge in [-0.25, -0.2) is 0 Å². The van der Waals surface area contributed by atoms with Crippen LogP contribution in [0.4, 0.5) is 0 Å². The Balaban J connectivity index is 0. The summed E-state index contributed by atoms with van der Waals surface area (Å²) in [6.07, 6.45) is 3.22. The molecular formula is C13H30IN3O2. The lowest BCUT2D eigenvalue weighted by molar-refractivity contribution is 0.0689. The van der Waals surface area contributed by atoms with Crippen LogP contribution in [0.25, 0.3) is 0 Å². The number of nitrogens with one attached hydrogen (secondary N) is 2. The van der Waals surface area contributed by atoms with Gasteiger partial charge in [0.05, 0.1) is 13.2 Å². The molecule has 0 radical (unpaired) electrons. The summed E-state index contributed by atoms with van der Waals surface area (Å²) < 4.78 is 10.3. The molecule has 0 aliphatic rings. The van der Waals surface area contributed by atoms with E-state index in [-0.39, 0.29) is 24.0 Å². The zero-order valence-corrected chi connectivity index (χ0v) is 15.0. The van der Waals surface area contributed by atoms with Crippen LogP contribution in [0.5, 0.6) is 0 Å². The highest BCUT2D eigenvalue weighted by Crippen LogP contribution is 1.90. The van der Waals surface area contributed by atoms with Gasteiger partial charge in [-0.15, -0.1) is 24.0 Å². The molecular weight excluding hydrogens is 357 g/mol. The summed E-state index contributed by atoms with van der Waals surface area (Å²) in [5.41, 5.74) is 0. The Kier molecular flexibility index (Phi) is 17.8. The van der Waals surface area contributed by atoms with Crippen molar-refractivity contribution in [2.24, 2.45) is 4.99 Å². The first-order valence-electron chi connectivity index (χ1n) is 6.78. The van der Waals surface area contributed by atoms with Gasteiger partial charge in [-0.05, 0) is 26.2 Å². The molecule has 0 aromatic heterocycles. The molecule has 0 saturated heterocycles. The monoisotopic (exact) mass is 387 g/mol. The summed E-state index contributed by atoms with van der Waals surface area (Å²) in [5.74, 6) is 0.879. The van der Waals surface area contributed by atoms with Gasteiger partial charge in [-0.1, -0.05) is 6.92 Å². The topological polar surface area (TPSA) is 54.9 Å². The van der Waals surface area contributed by atoms with Crippen LogP contribution >= 0.6 is 24.0 Å². The summed E-state index contributed by atoms with van der Waals surface area (Å²) in [6, 6.07) is 0.452. The van der Waals surface area contributed by atoms with E-state index in [4.69, 9.17) is 9.47 Å². The van der Waals surface area contributed by atoms with E-state index >= 15 is 0 Å². The van der Waals surface area contributed by atoms with Gasteiger partial charge in [0.15, 0.2) is 5.96 Å². The number of nitrogens with zero attached hydrogens (tertiary/aromatic N) is 1. The van der Waals surface area contributed by atoms with E-state index < -0.39 is 0 Å². The number of unbranched alkanes of at least 4 members (excludes halogenated alkanes) is 1. The first kappa shape index (κ1) is 21.2. The largest absolute Gasteiger partial charge is 0.382 e. The van der Waals surface area contributed by atoms with Crippen molar-refractivity contribution >= 4 is 29.9 Å². The number of ether oxygens (including phenoxy) is 2. The lowest BCUT2D eigenvalue weighted by Gasteiger charge is -2.16. The molecule has 2 N–H and O–H groups in total. The Labute approximate surface area is 134 Å². The van der Waals surface area contributed by atoms with Crippen LogP contribution in [0.2, 0.25) is 0 Å². The van der Waals surface area contributed by atoms with Gasteiger partial charge in [0.25, 0.3) is 0 Å². The van der Waals surface area contributed by atoms with Crippen molar-refractivity contribution in [3.05, 3.63) is 0 Å². The van der Waals surface area contributed by atoms with Crippen LogP contribution in [0, 0.1) is 0 Å². The van der Waals surface area contributed by atoms with Gasteiger partial charge in [0.2, 0.25) is 0 Å². The summed E-state index contributed by atoms with van der Waals surface area (Å²) in [5, 5.41) is 6.62. The molecule has 0 bridgehead atoms. The van der Waals surface area contributed by atoms with E-state index in [1.807, 2.05) is 0 Å². The maximum atomic E-state index is 5.39. The van der Waals surface area contributed by atoms with Crippen LogP contribution in [-0.4, -0.2) is 52.5 Å². The van der Waals surface area contributed by atoms with E-state index in [0.29, 0.717) is 19.3 Å². The summed E-state index contributed by atoms with van der Waals surface area (Å²) in [4.78, 5) is 4.18. The second-order valence-corrected chi connectivity index (χ2v) is 4.26. The van der Waals surface area contributed by atoms with Crippen molar-refractivity contribution in [1.29, 1.82) is 0 Å². The molecule has 0 amide bonds. The molecule has 0 aliphatic carbocycles. The minimum atomic E-state index is 0. The molecule has 19 heavy (non-hydrogen) atoms. The molecule has 0 rings (SSSR count). The Bertz CT molecular complexity index is 216. The van der Waals surface area contributed by atoms with E-state index in [1.165, 1.54) is 0 Å².